The first kappa shape index (κ1) is 12.4. The molecule has 1 heterocycles. The third kappa shape index (κ3) is 2.80. The van der Waals surface area contributed by atoms with Crippen LogP contribution in [-0.2, 0) is 9.59 Å². The molecule has 0 aliphatic carbocycles. The van der Waals surface area contributed by atoms with Crippen molar-refractivity contribution in [1.29, 1.82) is 0 Å². The van der Waals surface area contributed by atoms with Gasteiger partial charge in [-0.2, -0.15) is 0 Å². The molecule has 1 N–H and O–H groups in total. The van der Waals surface area contributed by atoms with E-state index in [-0.39, 0.29) is 6.04 Å². The van der Waals surface area contributed by atoms with Crippen molar-refractivity contribution in [1.82, 2.24) is 4.90 Å². The zero-order valence-electron chi connectivity index (χ0n) is 9.91. The zero-order chi connectivity index (χ0) is 13.0. The van der Waals surface area contributed by atoms with Crippen molar-refractivity contribution < 1.29 is 19.4 Å². The monoisotopic (exact) mass is 249 g/mol. The summed E-state index contributed by atoms with van der Waals surface area (Å²) in [7, 11) is 0. The highest BCUT2D eigenvalue weighted by molar-refractivity contribution is 6.31. The Hall–Kier alpha value is -2.04. The maximum Gasteiger partial charge on any atom is 0.394 e. The van der Waals surface area contributed by atoms with Crippen LogP contribution in [0.1, 0.15) is 12.8 Å². The fourth-order valence-corrected chi connectivity index (χ4v) is 2.11. The van der Waals surface area contributed by atoms with Gasteiger partial charge in [-0.05, 0) is 25.0 Å². The summed E-state index contributed by atoms with van der Waals surface area (Å²) in [6, 6.07) is 9.14. The minimum atomic E-state index is -1.40. The van der Waals surface area contributed by atoms with E-state index in [1.807, 2.05) is 30.3 Å². The first-order valence-electron chi connectivity index (χ1n) is 5.90. The lowest BCUT2D eigenvalue weighted by atomic mass is 10.2. The van der Waals surface area contributed by atoms with Crippen LogP contribution in [-0.4, -0.2) is 41.1 Å². The highest BCUT2D eigenvalue weighted by Crippen LogP contribution is 2.19. The third-order valence-electron chi connectivity index (χ3n) is 3.01. The fourth-order valence-electron chi connectivity index (χ4n) is 2.11. The lowest BCUT2D eigenvalue weighted by Crippen LogP contribution is -2.42. The van der Waals surface area contributed by atoms with Crippen LogP contribution in [0.3, 0.4) is 0 Å². The van der Waals surface area contributed by atoms with Gasteiger partial charge >= 0.3 is 11.9 Å². The van der Waals surface area contributed by atoms with E-state index in [2.05, 4.69) is 0 Å². The number of benzene rings is 1. The van der Waals surface area contributed by atoms with Crippen LogP contribution in [0.25, 0.3) is 0 Å². The van der Waals surface area contributed by atoms with Crippen molar-refractivity contribution >= 4 is 11.9 Å². The number of carbonyl (C=O) groups is 2. The van der Waals surface area contributed by atoms with Crippen LogP contribution in [0.4, 0.5) is 0 Å². The highest BCUT2D eigenvalue weighted by Gasteiger charge is 2.32. The number of rotatable bonds is 3. The van der Waals surface area contributed by atoms with Crippen molar-refractivity contribution in [3.8, 4) is 5.75 Å². The topological polar surface area (TPSA) is 66.8 Å². The van der Waals surface area contributed by atoms with E-state index in [1.54, 1.807) is 0 Å². The minimum absolute atomic E-state index is 0.145. The molecule has 1 amide bonds. The molecule has 5 nitrogen and oxygen atoms in total. The molecule has 5 heteroatoms. The Kier molecular flexibility index (Phi) is 3.82. The van der Waals surface area contributed by atoms with Crippen LogP contribution < -0.4 is 4.74 Å². The summed E-state index contributed by atoms with van der Waals surface area (Å²) in [5.41, 5.74) is 0. The quantitative estimate of drug-likeness (QED) is 0.816. The van der Waals surface area contributed by atoms with Crippen molar-refractivity contribution in [2.45, 2.75) is 18.9 Å². The molecular weight excluding hydrogens is 234 g/mol. The van der Waals surface area contributed by atoms with Crippen molar-refractivity contribution in [3.05, 3.63) is 30.3 Å². The average Bonchev–Trinajstić information content (AvgIpc) is 2.84. The number of amides is 1. The van der Waals surface area contributed by atoms with Gasteiger partial charge in [0.15, 0.2) is 0 Å². The Morgan fingerprint density at radius 2 is 2.06 bits per heavy atom. The van der Waals surface area contributed by atoms with Crippen LogP contribution >= 0.6 is 0 Å². The van der Waals surface area contributed by atoms with Crippen LogP contribution in [0, 0.1) is 0 Å². The third-order valence-corrected chi connectivity index (χ3v) is 3.01. The first-order chi connectivity index (χ1) is 8.68. The zero-order valence-corrected chi connectivity index (χ0v) is 9.91. The molecule has 1 saturated heterocycles. The number of ether oxygens (including phenoxy) is 1. The largest absolute Gasteiger partial charge is 0.491 e. The van der Waals surface area contributed by atoms with Gasteiger partial charge in [-0.3, -0.25) is 4.79 Å². The molecule has 0 aromatic heterocycles. The maximum absolute atomic E-state index is 11.4. The lowest BCUT2D eigenvalue weighted by molar-refractivity contribution is -0.156. The number of likely N-dealkylation sites (tertiary alicyclic amines) is 1. The second kappa shape index (κ2) is 5.53. The van der Waals surface area contributed by atoms with Crippen LogP contribution in [0.2, 0.25) is 0 Å². The molecule has 1 aliphatic heterocycles. The molecule has 0 unspecified atom stereocenters. The molecule has 1 aromatic carbocycles. The molecule has 0 bridgehead atoms. The SMILES string of the molecule is O=C(O)C(=O)N1CCC[C@@H]1COc1ccccc1. The summed E-state index contributed by atoms with van der Waals surface area (Å²) in [6.45, 7) is 0.830. The van der Waals surface area contributed by atoms with E-state index in [4.69, 9.17) is 9.84 Å². The Balaban J connectivity index is 1.92. The molecule has 18 heavy (non-hydrogen) atoms. The second-order valence-corrected chi connectivity index (χ2v) is 4.22. The number of para-hydroxylation sites is 1. The van der Waals surface area contributed by atoms with Gasteiger partial charge in [0, 0.05) is 6.54 Å². The first-order valence-corrected chi connectivity index (χ1v) is 5.90. The van der Waals surface area contributed by atoms with Gasteiger partial charge in [-0.1, -0.05) is 18.2 Å². The number of carboxylic acid groups (broad SMARTS) is 1. The summed E-state index contributed by atoms with van der Waals surface area (Å²) in [6.07, 6.45) is 1.60. The Labute approximate surface area is 105 Å². The highest BCUT2D eigenvalue weighted by atomic mass is 16.5. The summed E-state index contributed by atoms with van der Waals surface area (Å²) >= 11 is 0. The van der Waals surface area contributed by atoms with Gasteiger partial charge in [-0.15, -0.1) is 0 Å². The standard InChI is InChI=1S/C13H15NO4/c15-12(13(16)17)14-8-4-5-10(14)9-18-11-6-2-1-3-7-11/h1-3,6-7,10H,4-5,8-9H2,(H,16,17)/t10-/m1/s1. The molecular formula is C13H15NO4. The molecule has 0 radical (unpaired) electrons. The summed E-state index contributed by atoms with van der Waals surface area (Å²) in [5, 5.41) is 8.71. The van der Waals surface area contributed by atoms with E-state index >= 15 is 0 Å². The molecule has 1 fully saturated rings. The van der Waals surface area contributed by atoms with Gasteiger partial charge in [0.05, 0.1) is 6.04 Å². The van der Waals surface area contributed by atoms with E-state index in [0.29, 0.717) is 13.2 Å². The van der Waals surface area contributed by atoms with Gasteiger partial charge < -0.3 is 14.7 Å². The lowest BCUT2D eigenvalue weighted by Gasteiger charge is -2.22. The van der Waals surface area contributed by atoms with E-state index in [9.17, 15) is 9.59 Å². The number of carbonyl (C=O) groups excluding carboxylic acids is 1. The predicted octanol–water partition coefficient (Wildman–Crippen LogP) is 1.14. The number of hydrogen-bond acceptors (Lipinski definition) is 3. The van der Waals surface area contributed by atoms with Crippen LogP contribution in [0.15, 0.2) is 30.3 Å². The van der Waals surface area contributed by atoms with Gasteiger partial charge in [0.1, 0.15) is 12.4 Å². The Morgan fingerprint density at radius 3 is 2.72 bits per heavy atom. The van der Waals surface area contributed by atoms with E-state index < -0.39 is 11.9 Å². The average molecular weight is 249 g/mol. The Bertz CT molecular complexity index is 432. The minimum Gasteiger partial charge on any atom is -0.491 e. The van der Waals surface area contributed by atoms with Gasteiger partial charge in [0.25, 0.3) is 0 Å². The molecule has 1 aliphatic rings. The molecule has 0 saturated carbocycles. The number of hydrogen-bond donors (Lipinski definition) is 1. The molecule has 1 aromatic rings. The summed E-state index contributed by atoms with van der Waals surface area (Å²) in [5.74, 6) is -1.51. The van der Waals surface area contributed by atoms with Gasteiger partial charge in [0.2, 0.25) is 0 Å². The Morgan fingerprint density at radius 1 is 1.33 bits per heavy atom. The van der Waals surface area contributed by atoms with Crippen molar-refractivity contribution in [2.75, 3.05) is 13.2 Å². The van der Waals surface area contributed by atoms with Crippen LogP contribution in [0.5, 0.6) is 5.75 Å². The van der Waals surface area contributed by atoms with Crippen molar-refractivity contribution in [3.63, 3.8) is 0 Å². The molecule has 2 rings (SSSR count). The van der Waals surface area contributed by atoms with Crippen molar-refractivity contribution in [2.24, 2.45) is 0 Å². The second-order valence-electron chi connectivity index (χ2n) is 4.22. The number of nitrogens with zero attached hydrogens (tertiary/aromatic N) is 1. The normalized spacial score (nSPS) is 18.7. The van der Waals surface area contributed by atoms with E-state index in [0.717, 1.165) is 18.6 Å². The predicted molar refractivity (Wildman–Crippen MR) is 64.3 cm³/mol. The number of carboxylic acids is 1. The molecule has 1 atom stereocenters. The number of aliphatic carboxylic acids is 1. The van der Waals surface area contributed by atoms with Gasteiger partial charge in [-0.25, -0.2) is 4.79 Å². The molecule has 0 spiro atoms. The van der Waals surface area contributed by atoms with E-state index in [1.165, 1.54) is 4.90 Å². The fraction of sp³-hybridized carbons (Fsp3) is 0.385. The molecule has 96 valence electrons. The maximum atomic E-state index is 11.4. The smallest absolute Gasteiger partial charge is 0.394 e. The summed E-state index contributed by atoms with van der Waals surface area (Å²) in [4.78, 5) is 23.5. The summed E-state index contributed by atoms with van der Waals surface area (Å²) < 4.78 is 5.56.